The summed E-state index contributed by atoms with van der Waals surface area (Å²) >= 11 is 1.06. The van der Waals surface area contributed by atoms with E-state index < -0.39 is 5.97 Å². The van der Waals surface area contributed by atoms with Crippen LogP contribution >= 0.6 is 11.3 Å². The number of esters is 1. The number of carbonyl (C=O) groups is 2. The Morgan fingerprint density at radius 1 is 1.27 bits per heavy atom. The molecule has 7 heteroatoms. The number of nitriles is 1. The monoisotopic (exact) mass is 372 g/mol. The molecule has 0 radical (unpaired) electrons. The maximum Gasteiger partial charge on any atom is 0.348 e. The van der Waals surface area contributed by atoms with Crippen LogP contribution in [0.3, 0.4) is 0 Å². The van der Waals surface area contributed by atoms with Gasteiger partial charge in [-0.25, -0.2) is 4.79 Å². The van der Waals surface area contributed by atoms with E-state index in [1.54, 1.807) is 13.8 Å². The lowest BCUT2D eigenvalue weighted by atomic mass is 10.1. The van der Waals surface area contributed by atoms with Crippen molar-refractivity contribution in [1.82, 2.24) is 0 Å². The minimum atomic E-state index is -0.483. The molecule has 0 aliphatic rings. The van der Waals surface area contributed by atoms with Crippen molar-refractivity contribution in [3.63, 3.8) is 0 Å². The van der Waals surface area contributed by atoms with Crippen LogP contribution in [0, 0.1) is 18.3 Å². The van der Waals surface area contributed by atoms with E-state index in [9.17, 15) is 14.9 Å². The Labute approximate surface area is 156 Å². The average molecular weight is 372 g/mol. The van der Waals surface area contributed by atoms with Crippen molar-refractivity contribution >= 4 is 28.2 Å². The van der Waals surface area contributed by atoms with Crippen molar-refractivity contribution in [2.45, 2.75) is 26.7 Å². The molecule has 2 rings (SSSR count). The number of carbonyl (C=O) groups excluding carboxylic acids is 2. The van der Waals surface area contributed by atoms with Crippen LogP contribution < -0.4 is 10.1 Å². The van der Waals surface area contributed by atoms with Crippen molar-refractivity contribution in [2.24, 2.45) is 0 Å². The summed E-state index contributed by atoms with van der Waals surface area (Å²) in [5, 5.41) is 12.4. The first-order valence-corrected chi connectivity index (χ1v) is 9.06. The quantitative estimate of drug-likeness (QED) is 0.561. The average Bonchev–Trinajstić information content (AvgIpc) is 2.95. The molecular weight excluding hydrogens is 352 g/mol. The number of hydrogen-bond donors (Lipinski definition) is 1. The van der Waals surface area contributed by atoms with Gasteiger partial charge in [-0.15, -0.1) is 11.3 Å². The summed E-state index contributed by atoms with van der Waals surface area (Å²) in [6.45, 7) is 4.05. The number of hydrogen-bond acceptors (Lipinski definition) is 6. The van der Waals surface area contributed by atoms with Gasteiger partial charge in [0.05, 0.1) is 18.8 Å². The standard InChI is InChI=1S/C19H20N2O4S/c1-3-24-19(23)17-13(2)15(12-20)18(26-17)21-16(22)10-7-11-25-14-8-5-4-6-9-14/h4-6,8-9H,3,7,10-11H2,1-2H3,(H,21,22). The van der Waals surface area contributed by atoms with E-state index in [4.69, 9.17) is 9.47 Å². The number of para-hydroxylation sites is 1. The summed E-state index contributed by atoms with van der Waals surface area (Å²) in [6.07, 6.45) is 0.793. The number of nitrogens with zero attached hydrogens (tertiary/aromatic N) is 1. The first-order chi connectivity index (χ1) is 12.6. The molecule has 6 nitrogen and oxygen atoms in total. The van der Waals surface area contributed by atoms with E-state index >= 15 is 0 Å². The van der Waals surface area contributed by atoms with E-state index in [-0.39, 0.29) is 18.9 Å². The summed E-state index contributed by atoms with van der Waals surface area (Å²) in [5.74, 6) is 0.0470. The highest BCUT2D eigenvalue weighted by Gasteiger charge is 2.22. The highest BCUT2D eigenvalue weighted by molar-refractivity contribution is 7.18. The van der Waals surface area contributed by atoms with Crippen LogP contribution in [0.5, 0.6) is 5.75 Å². The van der Waals surface area contributed by atoms with Gasteiger partial charge in [-0.3, -0.25) is 4.79 Å². The van der Waals surface area contributed by atoms with Crippen molar-refractivity contribution in [3.8, 4) is 11.8 Å². The second kappa shape index (κ2) is 9.59. The van der Waals surface area contributed by atoms with Gasteiger partial charge in [0, 0.05) is 6.42 Å². The van der Waals surface area contributed by atoms with Gasteiger partial charge in [-0.2, -0.15) is 5.26 Å². The Morgan fingerprint density at radius 2 is 2.00 bits per heavy atom. The van der Waals surface area contributed by atoms with E-state index in [0.29, 0.717) is 34.0 Å². The highest BCUT2D eigenvalue weighted by Crippen LogP contribution is 2.33. The minimum Gasteiger partial charge on any atom is -0.494 e. The predicted octanol–water partition coefficient (Wildman–Crippen LogP) is 3.90. The van der Waals surface area contributed by atoms with Gasteiger partial charge in [-0.05, 0) is 38.0 Å². The van der Waals surface area contributed by atoms with Crippen LogP contribution in [0.2, 0.25) is 0 Å². The fourth-order valence-corrected chi connectivity index (χ4v) is 3.32. The number of amides is 1. The van der Waals surface area contributed by atoms with Crippen molar-refractivity contribution in [3.05, 3.63) is 46.3 Å². The molecule has 0 unspecified atom stereocenters. The van der Waals surface area contributed by atoms with Gasteiger partial charge >= 0.3 is 5.97 Å². The molecule has 0 bridgehead atoms. The third-order valence-corrected chi connectivity index (χ3v) is 4.72. The highest BCUT2D eigenvalue weighted by atomic mass is 32.1. The molecule has 1 heterocycles. The maximum absolute atomic E-state index is 12.1. The van der Waals surface area contributed by atoms with Crippen molar-refractivity contribution in [1.29, 1.82) is 5.26 Å². The molecule has 0 saturated heterocycles. The van der Waals surface area contributed by atoms with Crippen LogP contribution in [0.1, 0.15) is 40.6 Å². The van der Waals surface area contributed by atoms with Crippen LogP contribution in [0.4, 0.5) is 5.00 Å². The van der Waals surface area contributed by atoms with Crippen LogP contribution in [-0.4, -0.2) is 25.1 Å². The molecule has 0 saturated carbocycles. The van der Waals surface area contributed by atoms with E-state index in [0.717, 1.165) is 17.1 Å². The number of thiophene rings is 1. The van der Waals surface area contributed by atoms with Crippen LogP contribution in [-0.2, 0) is 9.53 Å². The molecule has 136 valence electrons. The van der Waals surface area contributed by atoms with Crippen LogP contribution in [0.25, 0.3) is 0 Å². The minimum absolute atomic E-state index is 0.227. The summed E-state index contributed by atoms with van der Waals surface area (Å²) in [6, 6.07) is 11.4. The first-order valence-electron chi connectivity index (χ1n) is 8.25. The second-order valence-corrected chi connectivity index (χ2v) is 6.43. The Kier molecular flexibility index (Phi) is 7.18. The smallest absolute Gasteiger partial charge is 0.348 e. The van der Waals surface area contributed by atoms with Crippen molar-refractivity contribution < 1.29 is 19.1 Å². The third-order valence-electron chi connectivity index (χ3n) is 3.53. The molecule has 1 aromatic heterocycles. The maximum atomic E-state index is 12.1. The Morgan fingerprint density at radius 3 is 2.65 bits per heavy atom. The van der Waals surface area contributed by atoms with E-state index in [1.807, 2.05) is 36.4 Å². The lowest BCUT2D eigenvalue weighted by Crippen LogP contribution is -2.12. The van der Waals surface area contributed by atoms with E-state index in [1.165, 1.54) is 0 Å². The lowest BCUT2D eigenvalue weighted by Gasteiger charge is -2.06. The molecular formula is C19H20N2O4S. The molecule has 26 heavy (non-hydrogen) atoms. The molecule has 0 fully saturated rings. The third kappa shape index (κ3) is 5.07. The molecule has 0 spiro atoms. The Bertz CT molecular complexity index is 809. The number of ether oxygens (including phenoxy) is 2. The SMILES string of the molecule is CCOC(=O)c1sc(NC(=O)CCCOc2ccccc2)c(C#N)c1C. The zero-order valence-corrected chi connectivity index (χ0v) is 15.5. The summed E-state index contributed by atoms with van der Waals surface area (Å²) in [5.41, 5.74) is 0.825. The van der Waals surface area contributed by atoms with E-state index in [2.05, 4.69) is 5.32 Å². The van der Waals surface area contributed by atoms with Gasteiger partial charge < -0.3 is 14.8 Å². The van der Waals surface area contributed by atoms with Crippen molar-refractivity contribution in [2.75, 3.05) is 18.5 Å². The first kappa shape index (κ1) is 19.5. The zero-order chi connectivity index (χ0) is 18.9. The fourth-order valence-electron chi connectivity index (χ4n) is 2.26. The molecule has 0 aliphatic carbocycles. The second-order valence-electron chi connectivity index (χ2n) is 5.41. The topological polar surface area (TPSA) is 88.4 Å². The number of benzene rings is 1. The molecule has 2 aromatic rings. The number of rotatable bonds is 8. The Balaban J connectivity index is 1.91. The van der Waals surface area contributed by atoms with Gasteiger partial charge in [0.25, 0.3) is 0 Å². The predicted molar refractivity (Wildman–Crippen MR) is 99.5 cm³/mol. The van der Waals surface area contributed by atoms with Crippen LogP contribution in [0.15, 0.2) is 30.3 Å². The van der Waals surface area contributed by atoms with Gasteiger partial charge in [-0.1, -0.05) is 18.2 Å². The number of anilines is 1. The molecule has 0 aliphatic heterocycles. The molecule has 0 atom stereocenters. The summed E-state index contributed by atoms with van der Waals surface area (Å²) in [4.78, 5) is 24.4. The summed E-state index contributed by atoms with van der Waals surface area (Å²) in [7, 11) is 0. The molecule has 1 amide bonds. The van der Waals surface area contributed by atoms with Gasteiger partial charge in [0.15, 0.2) is 0 Å². The molecule has 1 aromatic carbocycles. The summed E-state index contributed by atoms with van der Waals surface area (Å²) < 4.78 is 10.5. The normalized spacial score (nSPS) is 10.0. The van der Waals surface area contributed by atoms with Gasteiger partial charge in [0.1, 0.15) is 21.7 Å². The largest absolute Gasteiger partial charge is 0.494 e. The van der Waals surface area contributed by atoms with Gasteiger partial charge in [0.2, 0.25) is 5.91 Å². The number of nitrogens with one attached hydrogen (secondary N) is 1. The Hall–Kier alpha value is -2.85. The molecule has 1 N–H and O–H groups in total. The fraction of sp³-hybridized carbons (Fsp3) is 0.316. The zero-order valence-electron chi connectivity index (χ0n) is 14.7. The lowest BCUT2D eigenvalue weighted by molar-refractivity contribution is -0.116.